The van der Waals surface area contributed by atoms with Crippen LogP contribution in [-0.2, 0) is 26.0 Å². The van der Waals surface area contributed by atoms with Gasteiger partial charge in [0.05, 0.1) is 12.0 Å². The second-order valence-corrected chi connectivity index (χ2v) is 10.0. The lowest BCUT2D eigenvalue weighted by Gasteiger charge is -2.26. The second-order valence-electron chi connectivity index (χ2n) is 8.11. The van der Waals surface area contributed by atoms with Crippen molar-refractivity contribution in [2.75, 3.05) is 20.2 Å². The van der Waals surface area contributed by atoms with Gasteiger partial charge in [-0.15, -0.1) is 0 Å². The number of H-pyrrole nitrogens is 1. The molecule has 1 aromatic heterocycles. The number of piperidine rings is 1. The molecule has 3 aromatic rings. The van der Waals surface area contributed by atoms with Crippen LogP contribution < -0.4 is 5.32 Å². The molecule has 2 aromatic carbocycles. The number of esters is 1. The number of nitrogens with zero attached hydrogens (tertiary/aromatic N) is 1. The second kappa shape index (κ2) is 9.76. The summed E-state index contributed by atoms with van der Waals surface area (Å²) in [4.78, 5) is 28.6. The Labute approximate surface area is 193 Å². The maximum absolute atomic E-state index is 13.0. The Kier molecular flexibility index (Phi) is 6.80. The molecule has 1 atom stereocenters. The number of aromatic nitrogens is 1. The number of benzene rings is 2. The van der Waals surface area contributed by atoms with Gasteiger partial charge in [-0.1, -0.05) is 30.7 Å². The molecule has 0 spiro atoms. The predicted octanol–water partition coefficient (Wildman–Crippen LogP) is 2.86. The standard InChI is InChI=1S/C24H27N3O5S/c1-32-24(29)22(15-18-16-25-21-11-4-3-10-20(18)21)26-23(28)17-8-7-9-19(14-17)33(30,31)27-12-5-2-6-13-27/h3-4,7-11,14,16,22,25H,2,5-6,12-13,15H2,1H3,(H,26,28)/t22-/m1/s1. The van der Waals surface area contributed by atoms with E-state index in [2.05, 4.69) is 10.3 Å². The molecule has 4 rings (SSSR count). The first kappa shape index (κ1) is 23.0. The lowest BCUT2D eigenvalue weighted by molar-refractivity contribution is -0.142. The summed E-state index contributed by atoms with van der Waals surface area (Å²) in [5.41, 5.74) is 1.96. The van der Waals surface area contributed by atoms with Crippen LogP contribution in [0.2, 0.25) is 0 Å². The van der Waals surface area contributed by atoms with Crippen LogP contribution in [0.25, 0.3) is 10.9 Å². The van der Waals surface area contributed by atoms with Crippen molar-refractivity contribution in [2.24, 2.45) is 0 Å². The molecule has 33 heavy (non-hydrogen) atoms. The third kappa shape index (κ3) is 4.94. The molecule has 2 N–H and O–H groups in total. The SMILES string of the molecule is COC(=O)[C@@H](Cc1c[nH]c2ccccc12)NC(=O)c1cccc(S(=O)(=O)N2CCCCC2)c1. The highest BCUT2D eigenvalue weighted by Crippen LogP contribution is 2.22. The van der Waals surface area contributed by atoms with Gasteiger partial charge in [0.2, 0.25) is 10.0 Å². The first-order valence-corrected chi connectivity index (χ1v) is 12.4. The topological polar surface area (TPSA) is 109 Å². The first-order chi connectivity index (χ1) is 15.9. The van der Waals surface area contributed by atoms with Crippen molar-refractivity contribution < 1.29 is 22.7 Å². The highest BCUT2D eigenvalue weighted by Gasteiger charge is 2.28. The number of sulfonamides is 1. The summed E-state index contributed by atoms with van der Waals surface area (Å²) in [6, 6.07) is 12.7. The summed E-state index contributed by atoms with van der Waals surface area (Å²) >= 11 is 0. The molecule has 1 saturated heterocycles. The van der Waals surface area contributed by atoms with Crippen LogP contribution in [0.5, 0.6) is 0 Å². The van der Waals surface area contributed by atoms with Crippen molar-refractivity contribution in [3.63, 3.8) is 0 Å². The maximum Gasteiger partial charge on any atom is 0.328 e. The molecule has 0 unspecified atom stereocenters. The summed E-state index contributed by atoms with van der Waals surface area (Å²) in [7, 11) is -2.41. The minimum atomic E-state index is -3.68. The molecule has 8 nitrogen and oxygen atoms in total. The van der Waals surface area contributed by atoms with E-state index in [0.717, 1.165) is 35.7 Å². The fraction of sp³-hybridized carbons (Fsp3) is 0.333. The zero-order valence-electron chi connectivity index (χ0n) is 18.4. The van der Waals surface area contributed by atoms with E-state index in [4.69, 9.17) is 4.74 Å². The number of aromatic amines is 1. The van der Waals surface area contributed by atoms with E-state index in [-0.39, 0.29) is 16.9 Å². The number of nitrogens with one attached hydrogen (secondary N) is 2. The highest BCUT2D eigenvalue weighted by atomic mass is 32.2. The monoisotopic (exact) mass is 469 g/mol. The third-order valence-corrected chi connectivity index (χ3v) is 7.83. The number of hydrogen-bond acceptors (Lipinski definition) is 5. The van der Waals surface area contributed by atoms with Gasteiger partial charge in [-0.3, -0.25) is 4.79 Å². The van der Waals surface area contributed by atoms with Gasteiger partial charge in [0.25, 0.3) is 5.91 Å². The number of rotatable bonds is 7. The smallest absolute Gasteiger partial charge is 0.328 e. The van der Waals surface area contributed by atoms with Gasteiger partial charge in [0, 0.05) is 42.2 Å². The van der Waals surface area contributed by atoms with Crippen LogP contribution in [0.4, 0.5) is 0 Å². The molecule has 2 heterocycles. The quantitative estimate of drug-likeness (QED) is 0.517. The van der Waals surface area contributed by atoms with E-state index in [0.29, 0.717) is 13.1 Å². The first-order valence-electron chi connectivity index (χ1n) is 10.9. The third-order valence-electron chi connectivity index (χ3n) is 5.94. The Morgan fingerprint density at radius 3 is 2.61 bits per heavy atom. The Balaban J connectivity index is 1.55. The summed E-state index contributed by atoms with van der Waals surface area (Å²) < 4.78 is 32.3. The van der Waals surface area contributed by atoms with Crippen molar-refractivity contribution in [1.82, 2.24) is 14.6 Å². The van der Waals surface area contributed by atoms with E-state index in [9.17, 15) is 18.0 Å². The highest BCUT2D eigenvalue weighted by molar-refractivity contribution is 7.89. The number of para-hydroxylation sites is 1. The average Bonchev–Trinajstić information content (AvgIpc) is 3.26. The number of ether oxygens (including phenoxy) is 1. The van der Waals surface area contributed by atoms with E-state index in [1.165, 1.54) is 29.6 Å². The van der Waals surface area contributed by atoms with Gasteiger partial charge in [-0.05, 0) is 42.7 Å². The zero-order chi connectivity index (χ0) is 23.4. The van der Waals surface area contributed by atoms with Crippen LogP contribution in [0, 0.1) is 0 Å². The van der Waals surface area contributed by atoms with Crippen LogP contribution in [0.3, 0.4) is 0 Å². The largest absolute Gasteiger partial charge is 0.467 e. The number of methoxy groups -OCH3 is 1. The van der Waals surface area contributed by atoms with E-state index in [1.807, 2.05) is 24.3 Å². The van der Waals surface area contributed by atoms with Crippen LogP contribution in [0.1, 0.15) is 35.2 Å². The molecule has 0 saturated carbocycles. The van der Waals surface area contributed by atoms with Gasteiger partial charge in [-0.25, -0.2) is 13.2 Å². The minimum absolute atomic E-state index is 0.0725. The fourth-order valence-corrected chi connectivity index (χ4v) is 5.71. The Morgan fingerprint density at radius 2 is 1.85 bits per heavy atom. The molecule has 174 valence electrons. The zero-order valence-corrected chi connectivity index (χ0v) is 19.2. The van der Waals surface area contributed by atoms with Crippen LogP contribution in [0.15, 0.2) is 59.6 Å². The molecule has 1 aliphatic rings. The van der Waals surface area contributed by atoms with Gasteiger partial charge in [0.15, 0.2) is 0 Å². The average molecular weight is 470 g/mol. The van der Waals surface area contributed by atoms with Crippen molar-refractivity contribution in [3.8, 4) is 0 Å². The number of fused-ring (bicyclic) bond motifs is 1. The molecule has 0 aliphatic carbocycles. The molecule has 1 aliphatic heterocycles. The minimum Gasteiger partial charge on any atom is -0.467 e. The van der Waals surface area contributed by atoms with E-state index in [1.54, 1.807) is 12.3 Å². The Bertz CT molecular complexity index is 1260. The molecule has 9 heteroatoms. The number of amides is 1. The van der Waals surface area contributed by atoms with Crippen LogP contribution in [-0.4, -0.2) is 55.8 Å². The lowest BCUT2D eigenvalue weighted by Crippen LogP contribution is -2.43. The fourth-order valence-electron chi connectivity index (χ4n) is 4.15. The van der Waals surface area contributed by atoms with Crippen molar-refractivity contribution >= 4 is 32.8 Å². The van der Waals surface area contributed by atoms with E-state index >= 15 is 0 Å². The summed E-state index contributed by atoms with van der Waals surface area (Å²) in [5.74, 6) is -1.12. The number of hydrogen-bond donors (Lipinski definition) is 2. The van der Waals surface area contributed by atoms with Gasteiger partial charge >= 0.3 is 5.97 Å². The molecule has 0 radical (unpaired) electrons. The Morgan fingerprint density at radius 1 is 1.09 bits per heavy atom. The summed E-state index contributed by atoms with van der Waals surface area (Å²) in [6.45, 7) is 0.960. The number of carbonyl (C=O) groups excluding carboxylic acids is 2. The van der Waals surface area contributed by atoms with Gasteiger partial charge in [-0.2, -0.15) is 4.31 Å². The summed E-state index contributed by atoms with van der Waals surface area (Å²) in [6.07, 6.45) is 4.70. The summed E-state index contributed by atoms with van der Waals surface area (Å²) in [5, 5.41) is 3.66. The van der Waals surface area contributed by atoms with Gasteiger partial charge in [0.1, 0.15) is 6.04 Å². The predicted molar refractivity (Wildman–Crippen MR) is 124 cm³/mol. The van der Waals surface area contributed by atoms with Crippen molar-refractivity contribution in [2.45, 2.75) is 36.6 Å². The lowest BCUT2D eigenvalue weighted by atomic mass is 10.0. The molecule has 1 amide bonds. The number of carbonyl (C=O) groups is 2. The Hall–Kier alpha value is -3.17. The molecular weight excluding hydrogens is 442 g/mol. The van der Waals surface area contributed by atoms with Crippen molar-refractivity contribution in [1.29, 1.82) is 0 Å². The van der Waals surface area contributed by atoms with Gasteiger partial charge < -0.3 is 15.0 Å². The van der Waals surface area contributed by atoms with Crippen molar-refractivity contribution in [3.05, 3.63) is 65.9 Å². The molecular formula is C24H27N3O5S. The normalized spacial score (nSPS) is 15.8. The van der Waals surface area contributed by atoms with Crippen LogP contribution >= 0.6 is 0 Å². The van der Waals surface area contributed by atoms with E-state index < -0.39 is 27.9 Å². The maximum atomic E-state index is 13.0. The molecule has 0 bridgehead atoms. The molecule has 1 fully saturated rings.